The predicted molar refractivity (Wildman–Crippen MR) is 139 cm³/mol. The topological polar surface area (TPSA) is 56.7 Å². The zero-order valence-corrected chi connectivity index (χ0v) is 21.7. The highest BCUT2D eigenvalue weighted by molar-refractivity contribution is 14.0. The van der Waals surface area contributed by atoms with Crippen molar-refractivity contribution < 1.29 is 4.79 Å². The summed E-state index contributed by atoms with van der Waals surface area (Å²) in [6.45, 7) is 6.82. The smallest absolute Gasteiger partial charge is 0.222 e. The van der Waals surface area contributed by atoms with E-state index >= 15 is 0 Å². The number of nitrogens with one attached hydrogen (secondary N) is 2. The number of rotatable bonds is 7. The molecule has 1 saturated heterocycles. The average Bonchev–Trinajstić information content (AvgIpc) is 3.11. The van der Waals surface area contributed by atoms with E-state index in [1.807, 2.05) is 43.0 Å². The van der Waals surface area contributed by atoms with Gasteiger partial charge in [-0.1, -0.05) is 53.5 Å². The molecule has 0 radical (unpaired) electrons. The maximum atomic E-state index is 12.0. The largest absolute Gasteiger partial charge is 0.357 e. The third-order valence-corrected chi connectivity index (χ3v) is 5.75. The number of carbonyl (C=O) groups excluding carboxylic acids is 1. The molecular formula is C23H29Cl2IN4O. The summed E-state index contributed by atoms with van der Waals surface area (Å²) < 4.78 is 0. The van der Waals surface area contributed by atoms with E-state index in [0.29, 0.717) is 35.5 Å². The molecule has 0 spiro atoms. The van der Waals surface area contributed by atoms with Crippen molar-refractivity contribution in [3.05, 3.63) is 69.2 Å². The molecule has 1 atom stereocenters. The van der Waals surface area contributed by atoms with E-state index in [9.17, 15) is 4.79 Å². The Labute approximate surface area is 211 Å². The molecule has 1 unspecified atom stereocenters. The van der Waals surface area contributed by atoms with Gasteiger partial charge in [-0.3, -0.25) is 4.79 Å². The summed E-state index contributed by atoms with van der Waals surface area (Å²) in [5.41, 5.74) is 3.22. The highest BCUT2D eigenvalue weighted by Crippen LogP contribution is 2.26. The number of hydrogen-bond acceptors (Lipinski definition) is 2. The zero-order chi connectivity index (χ0) is 21.5. The minimum atomic E-state index is -0.0370. The lowest BCUT2D eigenvalue weighted by atomic mass is 10.1. The Bertz CT molecular complexity index is 922. The Morgan fingerprint density at radius 3 is 2.58 bits per heavy atom. The van der Waals surface area contributed by atoms with Crippen LogP contribution in [0.1, 0.15) is 49.4 Å². The summed E-state index contributed by atoms with van der Waals surface area (Å²) in [7, 11) is 0. The molecule has 0 aliphatic carbocycles. The third kappa shape index (κ3) is 7.26. The number of nitrogens with zero attached hydrogens (tertiary/aromatic N) is 2. The second kappa shape index (κ2) is 12.5. The zero-order valence-electron chi connectivity index (χ0n) is 17.8. The van der Waals surface area contributed by atoms with Crippen molar-refractivity contribution >= 4 is 59.0 Å². The summed E-state index contributed by atoms with van der Waals surface area (Å²) in [5, 5.41) is 7.94. The molecule has 1 fully saturated rings. The van der Waals surface area contributed by atoms with Crippen LogP contribution in [0.25, 0.3) is 0 Å². The highest BCUT2D eigenvalue weighted by atomic mass is 127. The molecule has 1 aliphatic heterocycles. The summed E-state index contributed by atoms with van der Waals surface area (Å²) in [6.07, 6.45) is 1.60. The molecule has 8 heteroatoms. The van der Waals surface area contributed by atoms with Gasteiger partial charge in [-0.25, -0.2) is 4.99 Å². The molecule has 5 nitrogen and oxygen atoms in total. The van der Waals surface area contributed by atoms with Crippen molar-refractivity contribution in [2.75, 3.05) is 13.1 Å². The number of halogens is 3. The first kappa shape index (κ1) is 25.7. The van der Waals surface area contributed by atoms with E-state index in [1.165, 1.54) is 0 Å². The van der Waals surface area contributed by atoms with E-state index < -0.39 is 0 Å². The molecule has 2 N–H and O–H groups in total. The van der Waals surface area contributed by atoms with Gasteiger partial charge in [0.1, 0.15) is 0 Å². The van der Waals surface area contributed by atoms with Crippen molar-refractivity contribution in [2.45, 2.75) is 45.8 Å². The van der Waals surface area contributed by atoms with Gasteiger partial charge in [0, 0.05) is 36.1 Å². The molecule has 31 heavy (non-hydrogen) atoms. The molecule has 1 amide bonds. The lowest BCUT2D eigenvalue weighted by Gasteiger charge is -2.20. The molecule has 1 heterocycles. The number of hydrogen-bond donors (Lipinski definition) is 2. The van der Waals surface area contributed by atoms with Crippen LogP contribution in [0.4, 0.5) is 0 Å². The fourth-order valence-electron chi connectivity index (χ4n) is 3.56. The summed E-state index contributed by atoms with van der Waals surface area (Å²) >= 11 is 12.4. The molecule has 0 saturated carbocycles. The summed E-state index contributed by atoms with van der Waals surface area (Å²) in [5.74, 6) is 0.944. The predicted octanol–water partition coefficient (Wildman–Crippen LogP) is 5.55. The van der Waals surface area contributed by atoms with Crippen LogP contribution in [0.2, 0.25) is 10.0 Å². The molecular weight excluding hydrogens is 546 g/mol. The monoisotopic (exact) mass is 574 g/mol. The average molecular weight is 575 g/mol. The normalized spacial score (nSPS) is 14.9. The molecule has 1 aliphatic rings. The minimum absolute atomic E-state index is 0. The van der Waals surface area contributed by atoms with Crippen LogP contribution in [-0.2, 0) is 17.9 Å². The Morgan fingerprint density at radius 1 is 1.19 bits per heavy atom. The Kier molecular flexibility index (Phi) is 10.4. The summed E-state index contributed by atoms with van der Waals surface area (Å²) in [6, 6.07) is 13.6. The fourth-order valence-corrected chi connectivity index (χ4v) is 4.13. The third-order valence-electron chi connectivity index (χ3n) is 5.18. The number of guanidine groups is 1. The van der Waals surface area contributed by atoms with Crippen LogP contribution in [0.15, 0.2) is 47.5 Å². The molecule has 3 rings (SSSR count). The fraction of sp³-hybridized carbons (Fsp3) is 0.391. The maximum absolute atomic E-state index is 12.0. The SMILES string of the molecule is CCNC(=NCc1ccccc1CN1CCCC1=O)NC(C)c1ccc(Cl)cc1Cl.I. The highest BCUT2D eigenvalue weighted by Gasteiger charge is 2.21. The second-order valence-corrected chi connectivity index (χ2v) is 8.26. The molecule has 0 aromatic heterocycles. The first-order chi connectivity index (χ1) is 14.5. The number of aliphatic imine (C=N–C) groups is 1. The quantitative estimate of drug-likeness (QED) is 0.259. The first-order valence-corrected chi connectivity index (χ1v) is 11.1. The number of carbonyl (C=O) groups is 1. The molecule has 2 aromatic rings. The van der Waals surface area contributed by atoms with Crippen molar-refractivity contribution in [3.8, 4) is 0 Å². The van der Waals surface area contributed by atoms with Crippen molar-refractivity contribution in [3.63, 3.8) is 0 Å². The number of benzene rings is 2. The van der Waals surface area contributed by atoms with Crippen molar-refractivity contribution in [1.29, 1.82) is 0 Å². The van der Waals surface area contributed by atoms with Crippen molar-refractivity contribution in [2.24, 2.45) is 4.99 Å². The van der Waals surface area contributed by atoms with Gasteiger partial charge in [0.15, 0.2) is 5.96 Å². The lowest BCUT2D eigenvalue weighted by Crippen LogP contribution is -2.38. The van der Waals surface area contributed by atoms with Crippen LogP contribution in [0, 0.1) is 0 Å². The molecule has 168 valence electrons. The van der Waals surface area contributed by atoms with Crippen molar-refractivity contribution in [1.82, 2.24) is 15.5 Å². The van der Waals surface area contributed by atoms with Crippen LogP contribution >= 0.6 is 47.2 Å². The van der Waals surface area contributed by atoms with E-state index in [1.54, 1.807) is 6.07 Å². The van der Waals surface area contributed by atoms with Crippen LogP contribution < -0.4 is 10.6 Å². The van der Waals surface area contributed by atoms with E-state index in [4.69, 9.17) is 28.2 Å². The second-order valence-electron chi connectivity index (χ2n) is 7.41. The van der Waals surface area contributed by atoms with Gasteiger partial charge >= 0.3 is 0 Å². The van der Waals surface area contributed by atoms with E-state index in [0.717, 1.165) is 36.2 Å². The van der Waals surface area contributed by atoms with Gasteiger partial charge < -0.3 is 15.5 Å². The Balaban J connectivity index is 0.00000341. The van der Waals surface area contributed by atoms with Gasteiger partial charge in [-0.2, -0.15) is 0 Å². The standard InChI is InChI=1S/C23H28Cl2N4O.HI/c1-3-26-23(28-16(2)20-11-10-19(24)13-21(20)25)27-14-17-7-4-5-8-18(17)15-29-12-6-9-22(29)30;/h4-5,7-8,10-11,13,16H,3,6,9,12,14-15H2,1-2H3,(H2,26,27,28);1H. The van der Waals surface area contributed by atoms with Crippen LogP contribution in [0.3, 0.4) is 0 Å². The van der Waals surface area contributed by atoms with Gasteiger partial charge in [-0.15, -0.1) is 24.0 Å². The Hall–Kier alpha value is -1.51. The minimum Gasteiger partial charge on any atom is -0.357 e. The van der Waals surface area contributed by atoms with Gasteiger partial charge in [0.25, 0.3) is 0 Å². The van der Waals surface area contributed by atoms with E-state index in [2.05, 4.69) is 22.8 Å². The summed E-state index contributed by atoms with van der Waals surface area (Å²) in [4.78, 5) is 18.7. The Morgan fingerprint density at radius 2 is 1.94 bits per heavy atom. The lowest BCUT2D eigenvalue weighted by molar-refractivity contribution is -0.128. The van der Waals surface area contributed by atoms with Gasteiger partial charge in [0.05, 0.1) is 12.6 Å². The van der Waals surface area contributed by atoms with E-state index in [-0.39, 0.29) is 35.9 Å². The van der Waals surface area contributed by atoms with Crippen LogP contribution in [0.5, 0.6) is 0 Å². The van der Waals surface area contributed by atoms with Gasteiger partial charge in [0.2, 0.25) is 5.91 Å². The first-order valence-electron chi connectivity index (χ1n) is 10.3. The van der Waals surface area contributed by atoms with Crippen LogP contribution in [-0.4, -0.2) is 29.9 Å². The number of likely N-dealkylation sites (tertiary alicyclic amines) is 1. The van der Waals surface area contributed by atoms with Gasteiger partial charge in [-0.05, 0) is 49.1 Å². The molecule has 2 aromatic carbocycles. The molecule has 0 bridgehead atoms. The maximum Gasteiger partial charge on any atom is 0.222 e. The number of amides is 1.